The zero-order valence-electron chi connectivity index (χ0n) is 22.4. The van der Waals surface area contributed by atoms with Crippen LogP contribution in [0.1, 0.15) is 39.5 Å². The SMILES string of the molecule is CCC[CH2][Sn]([O][Sn]([CH2]CCC)([c]1ccc(Cl)cc1)[c]1ccc(Cl)cc1)([c]1ccc(Cl)cc1)[c]1ccc(Cl)cc1. The zero-order chi connectivity index (χ0) is 27.9. The molecule has 4 aromatic rings. The third-order valence-electron chi connectivity index (χ3n) is 7.36. The average Bonchev–Trinajstić information content (AvgIpc) is 2.95. The number of unbranched alkanes of at least 4 members (excludes halogenated alkanes) is 2. The molecule has 0 saturated carbocycles. The van der Waals surface area contributed by atoms with Crippen LogP contribution in [0.5, 0.6) is 0 Å². The van der Waals surface area contributed by atoms with Crippen molar-refractivity contribution in [1.29, 1.82) is 0 Å². The van der Waals surface area contributed by atoms with Crippen molar-refractivity contribution in [2.24, 2.45) is 0 Å². The van der Waals surface area contributed by atoms with Gasteiger partial charge in [-0.1, -0.05) is 0 Å². The van der Waals surface area contributed by atoms with Crippen molar-refractivity contribution in [2.75, 3.05) is 0 Å². The van der Waals surface area contributed by atoms with Gasteiger partial charge in [0.25, 0.3) is 0 Å². The van der Waals surface area contributed by atoms with Crippen molar-refractivity contribution < 1.29 is 1.41 Å². The van der Waals surface area contributed by atoms with Crippen LogP contribution in [-0.2, 0) is 1.41 Å². The first-order valence-corrected chi connectivity index (χ1v) is 27.2. The van der Waals surface area contributed by atoms with Gasteiger partial charge in [0, 0.05) is 0 Å². The third kappa shape index (κ3) is 7.52. The summed E-state index contributed by atoms with van der Waals surface area (Å²) in [6.45, 7) is 4.51. The molecule has 0 heterocycles. The summed E-state index contributed by atoms with van der Waals surface area (Å²) in [4.78, 5) is 0. The molecule has 4 rings (SSSR count). The summed E-state index contributed by atoms with van der Waals surface area (Å²) in [6.07, 6.45) is 4.39. The van der Waals surface area contributed by atoms with E-state index in [1.54, 1.807) is 0 Å². The first-order valence-electron chi connectivity index (χ1n) is 13.6. The normalized spacial score (nSPS) is 12.1. The first kappa shape index (κ1) is 31.5. The molecule has 0 aromatic heterocycles. The molecule has 4 aromatic carbocycles. The maximum absolute atomic E-state index is 8.18. The molecule has 0 aliphatic rings. The monoisotopic (exact) mass is 814 g/mol. The van der Waals surface area contributed by atoms with E-state index in [9.17, 15) is 0 Å². The standard InChI is InChI=1S/4C6H4Cl.2C4H9.O.2Sn/c4*7-6-4-2-1-3-5-6;2*1-3-4-2;;;/h4*2-5H;2*1,3-4H2,2H3;;;. The van der Waals surface area contributed by atoms with Gasteiger partial charge in [0.15, 0.2) is 0 Å². The molecule has 0 fully saturated rings. The number of halogens is 4. The van der Waals surface area contributed by atoms with Crippen LogP contribution in [0.15, 0.2) is 97.1 Å². The Morgan fingerprint density at radius 2 is 0.667 bits per heavy atom. The Balaban J connectivity index is 2.05. The van der Waals surface area contributed by atoms with E-state index in [0.717, 1.165) is 54.6 Å². The Morgan fingerprint density at radius 1 is 0.436 bits per heavy atom. The summed E-state index contributed by atoms with van der Waals surface area (Å²) < 4.78 is 15.5. The van der Waals surface area contributed by atoms with Gasteiger partial charge in [-0.3, -0.25) is 0 Å². The van der Waals surface area contributed by atoms with Crippen LogP contribution in [0, 0.1) is 0 Å². The van der Waals surface area contributed by atoms with Crippen LogP contribution in [0.25, 0.3) is 0 Å². The molecule has 0 N–H and O–H groups in total. The summed E-state index contributed by atoms with van der Waals surface area (Å²) >= 11 is 17.9. The van der Waals surface area contributed by atoms with E-state index < -0.39 is 37.6 Å². The minimum atomic E-state index is -3.86. The van der Waals surface area contributed by atoms with Crippen LogP contribution in [-0.4, -0.2) is 37.6 Å². The second-order valence-corrected chi connectivity index (χ2v) is 35.1. The first-order chi connectivity index (χ1) is 18.8. The fraction of sp³-hybridized carbons (Fsp3) is 0.250. The van der Waals surface area contributed by atoms with Crippen LogP contribution in [0.4, 0.5) is 0 Å². The molecule has 0 spiro atoms. The Bertz CT molecular complexity index is 1130. The summed E-state index contributed by atoms with van der Waals surface area (Å²) in [5.74, 6) is 0. The summed E-state index contributed by atoms with van der Waals surface area (Å²) in [5, 5.41) is 2.95. The third-order valence-corrected chi connectivity index (χ3v) is 44.2. The average molecular weight is 814 g/mol. The molecule has 0 atom stereocenters. The fourth-order valence-corrected chi connectivity index (χ4v) is 51.8. The van der Waals surface area contributed by atoms with Crippen molar-refractivity contribution in [3.05, 3.63) is 117 Å². The molecule has 0 saturated heterocycles. The van der Waals surface area contributed by atoms with E-state index in [4.69, 9.17) is 47.8 Å². The van der Waals surface area contributed by atoms with Gasteiger partial charge in [-0.15, -0.1) is 0 Å². The predicted molar refractivity (Wildman–Crippen MR) is 176 cm³/mol. The van der Waals surface area contributed by atoms with Crippen molar-refractivity contribution in [3.63, 3.8) is 0 Å². The van der Waals surface area contributed by atoms with Crippen LogP contribution in [0.2, 0.25) is 29.0 Å². The molecular weight excluding hydrogens is 780 g/mol. The number of hydrogen-bond donors (Lipinski definition) is 0. The molecule has 0 amide bonds. The van der Waals surface area contributed by atoms with Crippen molar-refractivity contribution >= 4 is 98.3 Å². The van der Waals surface area contributed by atoms with E-state index >= 15 is 0 Å². The zero-order valence-corrected chi connectivity index (χ0v) is 31.1. The van der Waals surface area contributed by atoms with E-state index in [0.29, 0.717) is 0 Å². The van der Waals surface area contributed by atoms with E-state index in [2.05, 4.69) is 62.4 Å². The van der Waals surface area contributed by atoms with E-state index in [1.165, 1.54) is 14.3 Å². The molecule has 0 aliphatic carbocycles. The summed E-state index contributed by atoms with van der Waals surface area (Å²) in [5.41, 5.74) is 0. The van der Waals surface area contributed by atoms with Crippen molar-refractivity contribution in [3.8, 4) is 0 Å². The van der Waals surface area contributed by atoms with Gasteiger partial charge < -0.3 is 0 Å². The van der Waals surface area contributed by atoms with Gasteiger partial charge in [-0.25, -0.2) is 0 Å². The van der Waals surface area contributed by atoms with Crippen LogP contribution in [0.3, 0.4) is 0 Å². The Hall–Kier alpha value is -0.403. The Labute approximate surface area is 262 Å². The Morgan fingerprint density at radius 3 is 0.872 bits per heavy atom. The van der Waals surface area contributed by atoms with Crippen LogP contribution >= 0.6 is 46.4 Å². The van der Waals surface area contributed by atoms with Gasteiger partial charge in [0.05, 0.1) is 0 Å². The molecule has 0 aliphatic heterocycles. The molecule has 0 radical (unpaired) electrons. The summed E-state index contributed by atoms with van der Waals surface area (Å²) in [7, 11) is 0. The molecule has 204 valence electrons. The van der Waals surface area contributed by atoms with E-state index in [-0.39, 0.29) is 0 Å². The molecular formula is C32H34Cl4OSn2. The van der Waals surface area contributed by atoms with Gasteiger partial charge in [-0.2, -0.15) is 0 Å². The van der Waals surface area contributed by atoms with Crippen molar-refractivity contribution in [1.82, 2.24) is 0 Å². The van der Waals surface area contributed by atoms with Crippen molar-refractivity contribution in [2.45, 2.75) is 48.4 Å². The fourth-order valence-electron chi connectivity index (χ4n) is 5.27. The predicted octanol–water partition coefficient (Wildman–Crippen LogP) is 8.74. The molecule has 0 unspecified atom stereocenters. The van der Waals surface area contributed by atoms with Gasteiger partial charge in [0.2, 0.25) is 0 Å². The quantitative estimate of drug-likeness (QED) is 0.130. The number of benzene rings is 4. The van der Waals surface area contributed by atoms with E-state index in [1.807, 2.05) is 48.5 Å². The van der Waals surface area contributed by atoms with Gasteiger partial charge in [0.1, 0.15) is 0 Å². The minimum absolute atomic E-state index is 0.738. The second-order valence-electron chi connectivity index (χ2n) is 9.99. The molecule has 0 bridgehead atoms. The van der Waals surface area contributed by atoms with Gasteiger partial charge in [-0.05, 0) is 0 Å². The summed E-state index contributed by atoms with van der Waals surface area (Å²) in [6, 6.07) is 33.8. The molecule has 1 nitrogen and oxygen atoms in total. The Kier molecular flexibility index (Phi) is 11.9. The number of hydrogen-bond acceptors (Lipinski definition) is 1. The van der Waals surface area contributed by atoms with Crippen LogP contribution < -0.4 is 14.3 Å². The second kappa shape index (κ2) is 14.7. The number of rotatable bonds is 12. The maximum atomic E-state index is 8.18. The molecule has 39 heavy (non-hydrogen) atoms. The molecule has 7 heteroatoms. The van der Waals surface area contributed by atoms with Gasteiger partial charge >= 0.3 is 265 Å². The topological polar surface area (TPSA) is 9.23 Å².